The molecular weight excluding hydrogens is 449 g/mol. The Balaban J connectivity index is 1.35. The van der Waals surface area contributed by atoms with Crippen LogP contribution in [0.4, 0.5) is 10.1 Å². The molecule has 0 saturated carbocycles. The molecule has 0 aliphatic rings. The molecule has 32 heavy (non-hydrogen) atoms. The second-order valence-corrected chi connectivity index (χ2v) is 8.87. The largest absolute Gasteiger partial charge is 0.489 e. The summed E-state index contributed by atoms with van der Waals surface area (Å²) < 4.78 is 20.7. The minimum Gasteiger partial charge on any atom is -0.489 e. The highest BCUT2D eigenvalue weighted by molar-refractivity contribution is 7.12. The van der Waals surface area contributed by atoms with Crippen molar-refractivity contribution in [1.82, 2.24) is 9.78 Å². The maximum absolute atomic E-state index is 13.2. The number of thiophene rings is 1. The van der Waals surface area contributed by atoms with E-state index in [1.165, 1.54) is 23.5 Å². The number of nitrogens with zero attached hydrogens (tertiary/aromatic N) is 2. The standard InChI is InChI=1S/C24H21ClFN3O2S/c1-15-5-16(2)7-21(6-15)31-13-17-8-23(32-14-17)24(30)28-20-10-27-29(12-20)11-18-3-4-19(26)9-22(18)25/h3-10,12,14H,11,13H2,1-2H3,(H,28,30). The average molecular weight is 470 g/mol. The minimum absolute atomic E-state index is 0.216. The van der Waals surface area contributed by atoms with Crippen molar-refractivity contribution in [2.24, 2.45) is 0 Å². The molecule has 5 nitrogen and oxygen atoms in total. The first-order valence-electron chi connectivity index (χ1n) is 9.92. The number of amides is 1. The molecule has 2 aromatic carbocycles. The van der Waals surface area contributed by atoms with Gasteiger partial charge in [-0.2, -0.15) is 5.10 Å². The zero-order chi connectivity index (χ0) is 22.7. The molecule has 8 heteroatoms. The number of aromatic nitrogens is 2. The average Bonchev–Trinajstić information content (AvgIpc) is 3.37. The summed E-state index contributed by atoms with van der Waals surface area (Å²) in [5.74, 6) is 0.210. The normalized spacial score (nSPS) is 10.9. The number of benzene rings is 2. The fourth-order valence-corrected chi connectivity index (χ4v) is 4.30. The van der Waals surface area contributed by atoms with Crippen molar-refractivity contribution in [2.45, 2.75) is 27.0 Å². The predicted molar refractivity (Wildman–Crippen MR) is 125 cm³/mol. The van der Waals surface area contributed by atoms with Gasteiger partial charge in [0.1, 0.15) is 18.2 Å². The minimum atomic E-state index is -0.387. The molecule has 0 spiro atoms. The van der Waals surface area contributed by atoms with Gasteiger partial charge in [0.15, 0.2) is 0 Å². The van der Waals surface area contributed by atoms with E-state index in [9.17, 15) is 9.18 Å². The lowest BCUT2D eigenvalue weighted by Crippen LogP contribution is -2.09. The second kappa shape index (κ2) is 9.54. The van der Waals surface area contributed by atoms with E-state index in [0.717, 1.165) is 28.0 Å². The molecule has 0 unspecified atom stereocenters. The molecule has 1 N–H and O–H groups in total. The van der Waals surface area contributed by atoms with Crippen molar-refractivity contribution in [3.63, 3.8) is 0 Å². The van der Waals surface area contributed by atoms with E-state index in [2.05, 4.69) is 16.5 Å². The Hall–Kier alpha value is -3.16. The Morgan fingerprint density at radius 1 is 1.19 bits per heavy atom. The second-order valence-electron chi connectivity index (χ2n) is 7.55. The number of nitrogens with one attached hydrogen (secondary N) is 1. The number of carbonyl (C=O) groups excluding carboxylic acids is 1. The Labute approximate surface area is 194 Å². The molecule has 4 aromatic rings. The Morgan fingerprint density at radius 3 is 2.72 bits per heavy atom. The molecule has 2 aromatic heterocycles. The van der Waals surface area contributed by atoms with Gasteiger partial charge in [0.2, 0.25) is 0 Å². The van der Waals surface area contributed by atoms with Gasteiger partial charge in [0.25, 0.3) is 5.91 Å². The van der Waals surface area contributed by atoms with Crippen LogP contribution in [0.1, 0.15) is 31.9 Å². The smallest absolute Gasteiger partial charge is 0.265 e. The van der Waals surface area contributed by atoms with Crippen molar-refractivity contribution >= 4 is 34.5 Å². The summed E-state index contributed by atoms with van der Waals surface area (Å²) in [5, 5.41) is 9.33. The lowest BCUT2D eigenvalue weighted by molar-refractivity contribution is 0.103. The van der Waals surface area contributed by atoms with Gasteiger partial charge in [-0.1, -0.05) is 23.7 Å². The molecule has 164 valence electrons. The molecular formula is C24H21ClFN3O2S. The van der Waals surface area contributed by atoms with Gasteiger partial charge in [0, 0.05) is 16.8 Å². The molecule has 0 radical (unpaired) electrons. The van der Waals surface area contributed by atoms with Gasteiger partial charge in [-0.3, -0.25) is 9.48 Å². The van der Waals surface area contributed by atoms with Crippen molar-refractivity contribution in [3.8, 4) is 5.75 Å². The number of hydrogen-bond donors (Lipinski definition) is 1. The fourth-order valence-electron chi connectivity index (χ4n) is 3.28. The van der Waals surface area contributed by atoms with Gasteiger partial charge < -0.3 is 10.1 Å². The number of halogens is 2. The Morgan fingerprint density at radius 2 is 1.97 bits per heavy atom. The van der Waals surface area contributed by atoms with Crippen LogP contribution in [0.25, 0.3) is 0 Å². The topological polar surface area (TPSA) is 56.1 Å². The molecule has 1 amide bonds. The van der Waals surface area contributed by atoms with Crippen LogP contribution in [-0.2, 0) is 13.2 Å². The molecule has 0 fully saturated rings. The highest BCUT2D eigenvalue weighted by Crippen LogP contribution is 2.22. The van der Waals surface area contributed by atoms with E-state index < -0.39 is 0 Å². The third-order valence-corrected chi connectivity index (χ3v) is 6.05. The summed E-state index contributed by atoms with van der Waals surface area (Å²) >= 11 is 7.43. The lowest BCUT2D eigenvalue weighted by Gasteiger charge is -2.07. The number of ether oxygens (including phenoxy) is 1. The van der Waals surface area contributed by atoms with E-state index in [0.29, 0.717) is 28.7 Å². The van der Waals surface area contributed by atoms with E-state index in [4.69, 9.17) is 16.3 Å². The SMILES string of the molecule is Cc1cc(C)cc(OCc2csc(C(=O)Nc3cnn(Cc4ccc(F)cc4Cl)c3)c2)c1. The van der Waals surface area contributed by atoms with Crippen LogP contribution in [-0.4, -0.2) is 15.7 Å². The molecule has 0 saturated heterocycles. The maximum atomic E-state index is 13.2. The summed E-state index contributed by atoms with van der Waals surface area (Å²) in [7, 11) is 0. The van der Waals surface area contributed by atoms with Crippen LogP contribution >= 0.6 is 22.9 Å². The third-order valence-electron chi connectivity index (χ3n) is 4.72. The quantitative estimate of drug-likeness (QED) is 0.349. The Kier molecular flexibility index (Phi) is 6.58. The monoisotopic (exact) mass is 469 g/mol. The number of aryl methyl sites for hydroxylation is 2. The zero-order valence-electron chi connectivity index (χ0n) is 17.6. The molecule has 4 rings (SSSR count). The molecule has 0 aliphatic heterocycles. The van der Waals surface area contributed by atoms with Gasteiger partial charge in [-0.05, 0) is 66.2 Å². The molecule has 2 heterocycles. The van der Waals surface area contributed by atoms with Gasteiger partial charge in [-0.25, -0.2) is 4.39 Å². The third kappa shape index (κ3) is 5.55. The number of anilines is 1. The summed E-state index contributed by atoms with van der Waals surface area (Å²) in [6.45, 7) is 4.82. The van der Waals surface area contributed by atoms with Crippen LogP contribution in [0.5, 0.6) is 5.75 Å². The number of rotatable bonds is 7. The molecule has 0 aliphatic carbocycles. The van der Waals surface area contributed by atoms with Crippen LogP contribution in [0.15, 0.2) is 60.2 Å². The van der Waals surface area contributed by atoms with E-state index in [-0.39, 0.29) is 11.7 Å². The van der Waals surface area contributed by atoms with Crippen molar-refractivity contribution in [3.05, 3.63) is 98.2 Å². The van der Waals surface area contributed by atoms with Crippen molar-refractivity contribution < 1.29 is 13.9 Å². The van der Waals surface area contributed by atoms with E-state index in [1.54, 1.807) is 23.1 Å². The van der Waals surface area contributed by atoms with Crippen LogP contribution < -0.4 is 10.1 Å². The van der Waals surface area contributed by atoms with Crippen LogP contribution in [0.3, 0.4) is 0 Å². The maximum Gasteiger partial charge on any atom is 0.265 e. The summed E-state index contributed by atoms with van der Waals surface area (Å²) in [6, 6.07) is 12.1. The van der Waals surface area contributed by atoms with Crippen LogP contribution in [0.2, 0.25) is 5.02 Å². The highest BCUT2D eigenvalue weighted by Gasteiger charge is 2.12. The predicted octanol–water partition coefficient (Wildman–Crippen LogP) is 6.23. The van der Waals surface area contributed by atoms with E-state index in [1.807, 2.05) is 37.4 Å². The molecule has 0 atom stereocenters. The lowest BCUT2D eigenvalue weighted by atomic mass is 10.1. The Bertz CT molecular complexity index is 1250. The summed E-state index contributed by atoms with van der Waals surface area (Å²) in [4.78, 5) is 13.2. The van der Waals surface area contributed by atoms with Gasteiger partial charge in [-0.15, -0.1) is 11.3 Å². The zero-order valence-corrected chi connectivity index (χ0v) is 19.1. The highest BCUT2D eigenvalue weighted by atomic mass is 35.5. The number of carbonyl (C=O) groups is 1. The van der Waals surface area contributed by atoms with Gasteiger partial charge >= 0.3 is 0 Å². The van der Waals surface area contributed by atoms with Crippen LogP contribution in [0, 0.1) is 19.7 Å². The van der Waals surface area contributed by atoms with Gasteiger partial charge in [0.05, 0.1) is 23.3 Å². The first-order chi connectivity index (χ1) is 15.4. The van der Waals surface area contributed by atoms with Crippen molar-refractivity contribution in [1.29, 1.82) is 0 Å². The van der Waals surface area contributed by atoms with Crippen molar-refractivity contribution in [2.75, 3.05) is 5.32 Å². The number of hydrogen-bond acceptors (Lipinski definition) is 4. The first-order valence-corrected chi connectivity index (χ1v) is 11.2. The summed E-state index contributed by atoms with van der Waals surface area (Å²) in [6.07, 6.45) is 3.27. The van der Waals surface area contributed by atoms with E-state index >= 15 is 0 Å². The fraction of sp³-hybridized carbons (Fsp3) is 0.167. The molecule has 0 bridgehead atoms. The first kappa shape index (κ1) is 22.0. The summed E-state index contributed by atoms with van der Waals surface area (Å²) in [5.41, 5.74) is 4.52.